The van der Waals surface area contributed by atoms with Gasteiger partial charge in [-0.1, -0.05) is 42.5 Å². The summed E-state index contributed by atoms with van der Waals surface area (Å²) in [6.07, 6.45) is 2.95. The summed E-state index contributed by atoms with van der Waals surface area (Å²) in [5, 5.41) is 24.5. The average Bonchev–Trinajstić information content (AvgIpc) is 3.40. The second kappa shape index (κ2) is 8.27. The Kier molecular flexibility index (Phi) is 5.35. The number of nitro groups is 1. The predicted octanol–water partition coefficient (Wildman–Crippen LogP) is 3.40. The predicted molar refractivity (Wildman–Crippen MR) is 114 cm³/mol. The zero-order valence-corrected chi connectivity index (χ0v) is 16.9. The van der Waals surface area contributed by atoms with Gasteiger partial charge in [0.15, 0.2) is 5.82 Å². The molecular formula is C21H20N6O4. The normalized spacial score (nSPS) is 11.9. The van der Waals surface area contributed by atoms with E-state index < -0.39 is 16.9 Å². The van der Waals surface area contributed by atoms with Crippen molar-refractivity contribution < 1.29 is 14.5 Å². The molecule has 0 saturated carbocycles. The lowest BCUT2D eigenvalue weighted by atomic mass is 10.0. The van der Waals surface area contributed by atoms with Gasteiger partial charge >= 0.3 is 11.6 Å². The van der Waals surface area contributed by atoms with Gasteiger partial charge in [-0.3, -0.25) is 19.6 Å². The molecule has 1 N–H and O–H groups in total. The summed E-state index contributed by atoms with van der Waals surface area (Å²) in [6.45, 7) is 2.13. The van der Waals surface area contributed by atoms with Crippen molar-refractivity contribution in [1.29, 1.82) is 0 Å². The molecule has 158 valence electrons. The first-order valence-corrected chi connectivity index (χ1v) is 9.54. The maximum Gasteiger partial charge on any atom is 0.350 e. The third-order valence-corrected chi connectivity index (χ3v) is 4.95. The molecule has 1 unspecified atom stereocenters. The SMILES string of the molecule is COc1nn(C(C)C(=O)Nc2ccn(Cc3cccc4ccccc34)n2)cc1[N+](=O)[O-]. The summed E-state index contributed by atoms with van der Waals surface area (Å²) in [6, 6.07) is 15.1. The molecule has 4 aromatic rings. The fourth-order valence-corrected chi connectivity index (χ4v) is 3.31. The number of anilines is 1. The lowest BCUT2D eigenvalue weighted by Gasteiger charge is -2.10. The van der Waals surface area contributed by atoms with E-state index in [9.17, 15) is 14.9 Å². The number of rotatable bonds is 7. The molecule has 31 heavy (non-hydrogen) atoms. The van der Waals surface area contributed by atoms with Gasteiger partial charge in [-0.2, -0.15) is 5.10 Å². The first-order chi connectivity index (χ1) is 15.0. The van der Waals surface area contributed by atoms with Crippen molar-refractivity contribution in [2.24, 2.45) is 0 Å². The Labute approximate surface area is 177 Å². The summed E-state index contributed by atoms with van der Waals surface area (Å²) in [5.74, 6) is -0.176. The van der Waals surface area contributed by atoms with Crippen LogP contribution in [0.5, 0.6) is 5.88 Å². The van der Waals surface area contributed by atoms with E-state index >= 15 is 0 Å². The molecule has 2 heterocycles. The maximum absolute atomic E-state index is 12.6. The zero-order chi connectivity index (χ0) is 22.0. The van der Waals surface area contributed by atoms with Gasteiger partial charge in [0.2, 0.25) is 5.91 Å². The number of nitrogens with zero attached hydrogens (tertiary/aromatic N) is 5. The zero-order valence-electron chi connectivity index (χ0n) is 16.9. The van der Waals surface area contributed by atoms with E-state index in [2.05, 4.69) is 33.7 Å². The minimum absolute atomic E-state index is 0.149. The van der Waals surface area contributed by atoms with Gasteiger partial charge in [-0.25, -0.2) is 4.68 Å². The number of methoxy groups -OCH3 is 1. The van der Waals surface area contributed by atoms with Crippen LogP contribution in [0, 0.1) is 10.1 Å². The molecule has 2 aromatic heterocycles. The van der Waals surface area contributed by atoms with E-state index in [1.165, 1.54) is 18.0 Å². The molecule has 0 bridgehead atoms. The molecule has 0 fully saturated rings. The molecule has 4 rings (SSSR count). The summed E-state index contributed by atoms with van der Waals surface area (Å²) in [4.78, 5) is 23.1. The second-order valence-corrected chi connectivity index (χ2v) is 6.96. The number of carbonyl (C=O) groups excluding carboxylic acids is 1. The van der Waals surface area contributed by atoms with Crippen LogP contribution in [0.2, 0.25) is 0 Å². The van der Waals surface area contributed by atoms with Gasteiger partial charge in [0, 0.05) is 12.3 Å². The highest BCUT2D eigenvalue weighted by molar-refractivity contribution is 5.92. The van der Waals surface area contributed by atoms with E-state index in [4.69, 9.17) is 4.74 Å². The topological polar surface area (TPSA) is 117 Å². The van der Waals surface area contributed by atoms with Crippen molar-refractivity contribution >= 4 is 28.2 Å². The van der Waals surface area contributed by atoms with Gasteiger partial charge in [-0.05, 0) is 23.3 Å². The summed E-state index contributed by atoms with van der Waals surface area (Å²) < 4.78 is 7.84. The Morgan fingerprint density at radius 2 is 1.97 bits per heavy atom. The highest BCUT2D eigenvalue weighted by Gasteiger charge is 2.25. The van der Waals surface area contributed by atoms with E-state index in [0.717, 1.165) is 16.3 Å². The molecule has 2 aromatic carbocycles. The molecule has 0 aliphatic carbocycles. The van der Waals surface area contributed by atoms with Crippen molar-refractivity contribution in [2.75, 3.05) is 12.4 Å². The number of fused-ring (bicyclic) bond motifs is 1. The van der Waals surface area contributed by atoms with Crippen LogP contribution in [-0.2, 0) is 11.3 Å². The fraction of sp³-hybridized carbons (Fsp3) is 0.190. The first kappa shape index (κ1) is 20.1. The van der Waals surface area contributed by atoms with Gasteiger partial charge in [-0.15, -0.1) is 5.10 Å². The number of benzene rings is 2. The minimum atomic E-state index is -0.800. The lowest BCUT2D eigenvalue weighted by Crippen LogP contribution is -2.24. The summed E-state index contributed by atoms with van der Waals surface area (Å²) in [7, 11) is 1.28. The third-order valence-electron chi connectivity index (χ3n) is 4.95. The number of nitrogens with one attached hydrogen (secondary N) is 1. The second-order valence-electron chi connectivity index (χ2n) is 6.96. The molecule has 0 saturated heterocycles. The first-order valence-electron chi connectivity index (χ1n) is 9.54. The monoisotopic (exact) mass is 420 g/mol. The van der Waals surface area contributed by atoms with Crippen LogP contribution in [0.4, 0.5) is 11.5 Å². The van der Waals surface area contributed by atoms with Crippen LogP contribution >= 0.6 is 0 Å². The van der Waals surface area contributed by atoms with Crippen LogP contribution in [0.1, 0.15) is 18.5 Å². The highest BCUT2D eigenvalue weighted by atomic mass is 16.6. The molecule has 10 nitrogen and oxygen atoms in total. The Morgan fingerprint density at radius 3 is 2.71 bits per heavy atom. The van der Waals surface area contributed by atoms with Crippen molar-refractivity contribution in [2.45, 2.75) is 19.5 Å². The molecule has 0 spiro atoms. The Balaban J connectivity index is 1.47. The number of aromatic nitrogens is 4. The van der Waals surface area contributed by atoms with Crippen LogP contribution in [-0.4, -0.2) is 37.5 Å². The molecule has 1 amide bonds. The Hall–Kier alpha value is -4.21. The number of ether oxygens (including phenoxy) is 1. The smallest absolute Gasteiger partial charge is 0.350 e. The minimum Gasteiger partial charge on any atom is -0.475 e. The molecular weight excluding hydrogens is 400 g/mol. The van der Waals surface area contributed by atoms with Crippen LogP contribution in [0.25, 0.3) is 10.8 Å². The maximum atomic E-state index is 12.6. The summed E-state index contributed by atoms with van der Waals surface area (Å²) >= 11 is 0. The van der Waals surface area contributed by atoms with Crippen LogP contribution in [0.3, 0.4) is 0 Å². The van der Waals surface area contributed by atoms with E-state index in [1.807, 2.05) is 24.3 Å². The third kappa shape index (κ3) is 4.08. The number of amides is 1. The largest absolute Gasteiger partial charge is 0.475 e. The Morgan fingerprint density at radius 1 is 1.19 bits per heavy atom. The fourth-order valence-electron chi connectivity index (χ4n) is 3.31. The van der Waals surface area contributed by atoms with Gasteiger partial charge < -0.3 is 10.1 Å². The van der Waals surface area contributed by atoms with E-state index in [1.54, 1.807) is 23.9 Å². The van der Waals surface area contributed by atoms with Gasteiger partial charge in [0.1, 0.15) is 12.2 Å². The molecule has 0 aliphatic rings. The van der Waals surface area contributed by atoms with Crippen molar-refractivity contribution in [3.8, 4) is 5.88 Å². The van der Waals surface area contributed by atoms with Crippen molar-refractivity contribution in [3.05, 3.63) is 76.6 Å². The standard InChI is InChI=1S/C21H20N6O4/c1-14(26-13-18(27(29)30)21(24-26)31-2)20(28)22-19-10-11-25(23-19)12-16-8-5-7-15-6-3-4-9-17(15)16/h3-11,13-14H,12H2,1-2H3,(H,22,23,28). The Bertz CT molecular complexity index is 1260. The van der Waals surface area contributed by atoms with Crippen LogP contribution in [0.15, 0.2) is 60.9 Å². The number of hydrogen-bond acceptors (Lipinski definition) is 6. The number of carbonyl (C=O) groups is 1. The molecule has 10 heteroatoms. The average molecular weight is 420 g/mol. The van der Waals surface area contributed by atoms with Gasteiger partial charge in [0.25, 0.3) is 0 Å². The number of hydrogen-bond donors (Lipinski definition) is 1. The quantitative estimate of drug-likeness (QED) is 0.362. The van der Waals surface area contributed by atoms with E-state index in [0.29, 0.717) is 12.4 Å². The van der Waals surface area contributed by atoms with Crippen molar-refractivity contribution in [1.82, 2.24) is 19.6 Å². The molecule has 0 aliphatic heterocycles. The van der Waals surface area contributed by atoms with Crippen molar-refractivity contribution in [3.63, 3.8) is 0 Å². The summed E-state index contributed by atoms with van der Waals surface area (Å²) in [5.41, 5.74) is 0.810. The van der Waals surface area contributed by atoms with Gasteiger partial charge in [0.05, 0.1) is 18.6 Å². The van der Waals surface area contributed by atoms with Crippen LogP contribution < -0.4 is 10.1 Å². The highest BCUT2D eigenvalue weighted by Crippen LogP contribution is 2.26. The van der Waals surface area contributed by atoms with E-state index in [-0.39, 0.29) is 11.6 Å². The molecule has 1 atom stereocenters. The lowest BCUT2D eigenvalue weighted by molar-refractivity contribution is -0.385. The molecule has 0 radical (unpaired) electrons.